The molecule has 0 bridgehead atoms. The molecule has 6 nitrogen and oxygen atoms in total. The molecule has 6 heteroatoms. The van der Waals surface area contributed by atoms with Crippen LogP contribution in [0.4, 0.5) is 11.6 Å². The molecule has 23 heavy (non-hydrogen) atoms. The van der Waals surface area contributed by atoms with Crippen LogP contribution in [0.15, 0.2) is 29.2 Å². The third-order valence-electron chi connectivity index (χ3n) is 3.60. The molecule has 2 N–H and O–H groups in total. The van der Waals surface area contributed by atoms with Gasteiger partial charge in [-0.2, -0.15) is 0 Å². The van der Waals surface area contributed by atoms with Crippen LogP contribution in [0.3, 0.4) is 0 Å². The zero-order valence-electron chi connectivity index (χ0n) is 13.6. The highest BCUT2D eigenvalue weighted by atomic mass is 16.1. The molecule has 3 aromatic heterocycles. The summed E-state index contributed by atoms with van der Waals surface area (Å²) in [5.74, 6) is 2.28. The first-order chi connectivity index (χ1) is 10.9. The van der Waals surface area contributed by atoms with Gasteiger partial charge in [-0.1, -0.05) is 13.8 Å². The van der Waals surface area contributed by atoms with Gasteiger partial charge in [0.1, 0.15) is 17.5 Å². The Morgan fingerprint density at radius 3 is 2.52 bits per heavy atom. The molecule has 0 atom stereocenters. The van der Waals surface area contributed by atoms with Crippen molar-refractivity contribution in [1.29, 1.82) is 0 Å². The molecule has 0 spiro atoms. The van der Waals surface area contributed by atoms with Crippen molar-refractivity contribution in [2.45, 2.75) is 33.6 Å². The summed E-state index contributed by atoms with van der Waals surface area (Å²) in [6.07, 6.45) is 1.62. The van der Waals surface area contributed by atoms with Crippen molar-refractivity contribution in [1.82, 2.24) is 19.9 Å². The summed E-state index contributed by atoms with van der Waals surface area (Å²) in [5, 5.41) is 3.86. The zero-order chi connectivity index (χ0) is 16.6. The van der Waals surface area contributed by atoms with E-state index in [1.54, 1.807) is 6.20 Å². The van der Waals surface area contributed by atoms with Crippen LogP contribution in [0, 0.1) is 13.8 Å². The Balaban J connectivity index is 2.13. The lowest BCUT2D eigenvalue weighted by Crippen LogP contribution is -2.10. The quantitative estimate of drug-likeness (QED) is 0.776. The van der Waals surface area contributed by atoms with Crippen LogP contribution in [-0.2, 0) is 0 Å². The molecule has 3 rings (SSSR count). The molecule has 118 valence electrons. The van der Waals surface area contributed by atoms with E-state index < -0.39 is 0 Å². The number of aromatic nitrogens is 4. The lowest BCUT2D eigenvalue weighted by atomic mass is 10.00. The Morgan fingerprint density at radius 1 is 1.09 bits per heavy atom. The van der Waals surface area contributed by atoms with Crippen molar-refractivity contribution < 1.29 is 0 Å². The minimum absolute atomic E-state index is 0.112. The second-order valence-corrected chi connectivity index (χ2v) is 5.89. The highest BCUT2D eigenvalue weighted by Gasteiger charge is 2.12. The van der Waals surface area contributed by atoms with Gasteiger partial charge in [0.25, 0.3) is 5.56 Å². The molecular formula is C17H19N5O. The van der Waals surface area contributed by atoms with Crippen molar-refractivity contribution in [3.63, 3.8) is 0 Å². The molecule has 0 saturated carbocycles. The number of rotatable bonds is 3. The third-order valence-corrected chi connectivity index (χ3v) is 3.60. The smallest absolute Gasteiger partial charge is 0.257 e. The fraction of sp³-hybridized carbons (Fsp3) is 0.294. The van der Waals surface area contributed by atoms with E-state index >= 15 is 0 Å². The van der Waals surface area contributed by atoms with Crippen molar-refractivity contribution in [3.05, 3.63) is 51.8 Å². The van der Waals surface area contributed by atoms with Crippen LogP contribution in [0.5, 0.6) is 0 Å². The van der Waals surface area contributed by atoms with E-state index in [0.717, 1.165) is 11.3 Å². The van der Waals surface area contributed by atoms with E-state index in [9.17, 15) is 4.79 Å². The maximum absolute atomic E-state index is 12.1. The monoisotopic (exact) mass is 309 g/mol. The molecule has 0 amide bonds. The maximum Gasteiger partial charge on any atom is 0.257 e. The van der Waals surface area contributed by atoms with E-state index in [1.807, 2.05) is 32.0 Å². The number of aryl methyl sites for hydroxylation is 2. The fourth-order valence-electron chi connectivity index (χ4n) is 2.65. The SMILES string of the molecule is Cc1cc(Nc2cc(C(C)C)c3c(=O)[nH]ccc3n2)nc(C)n1. The zero-order valence-corrected chi connectivity index (χ0v) is 13.6. The first kappa shape index (κ1) is 15.1. The van der Waals surface area contributed by atoms with Crippen molar-refractivity contribution in [2.75, 3.05) is 5.32 Å². The Kier molecular flexibility index (Phi) is 3.82. The third kappa shape index (κ3) is 3.06. The van der Waals surface area contributed by atoms with Gasteiger partial charge in [0.05, 0.1) is 10.9 Å². The normalized spacial score (nSPS) is 11.2. The van der Waals surface area contributed by atoms with Gasteiger partial charge >= 0.3 is 0 Å². The van der Waals surface area contributed by atoms with E-state index in [-0.39, 0.29) is 11.5 Å². The number of nitrogens with zero attached hydrogens (tertiary/aromatic N) is 3. The Bertz CT molecular complexity index is 910. The topological polar surface area (TPSA) is 83.6 Å². The number of hydrogen-bond acceptors (Lipinski definition) is 5. The minimum Gasteiger partial charge on any atom is -0.328 e. The number of H-pyrrole nitrogens is 1. The standard InChI is InChI=1S/C17H19N5O/c1-9(2)12-8-15(21-13-5-6-18-17(23)16(12)13)22-14-7-10(3)19-11(4)20-14/h5-9H,1-4H3,(H,18,23)(H,19,20,21,22). The number of anilines is 2. The van der Waals surface area contributed by atoms with Crippen LogP contribution in [-0.4, -0.2) is 19.9 Å². The number of nitrogens with one attached hydrogen (secondary N) is 2. The number of aromatic amines is 1. The van der Waals surface area contributed by atoms with E-state index in [2.05, 4.69) is 39.1 Å². The van der Waals surface area contributed by atoms with E-state index in [1.165, 1.54) is 0 Å². The number of pyridine rings is 2. The summed E-state index contributed by atoms with van der Waals surface area (Å²) < 4.78 is 0. The Hall–Kier alpha value is -2.76. The van der Waals surface area contributed by atoms with Crippen LogP contribution >= 0.6 is 0 Å². The van der Waals surface area contributed by atoms with Gasteiger partial charge in [-0.25, -0.2) is 15.0 Å². The average molecular weight is 309 g/mol. The summed E-state index contributed by atoms with van der Waals surface area (Å²) in [6, 6.07) is 5.59. The highest BCUT2D eigenvalue weighted by molar-refractivity contribution is 5.84. The van der Waals surface area contributed by atoms with E-state index in [4.69, 9.17) is 0 Å². The van der Waals surface area contributed by atoms with Gasteiger partial charge in [-0.15, -0.1) is 0 Å². The Labute approximate surface area is 134 Å². The second-order valence-electron chi connectivity index (χ2n) is 5.89. The predicted molar refractivity (Wildman–Crippen MR) is 91.2 cm³/mol. The summed E-state index contributed by atoms with van der Waals surface area (Å²) in [5.41, 5.74) is 2.41. The predicted octanol–water partition coefficient (Wildman–Crippen LogP) is 3.20. The van der Waals surface area contributed by atoms with Crippen molar-refractivity contribution in [2.24, 2.45) is 0 Å². The van der Waals surface area contributed by atoms with Crippen LogP contribution in [0.25, 0.3) is 10.9 Å². The molecule has 3 aromatic rings. The molecule has 0 aliphatic carbocycles. The first-order valence-electron chi connectivity index (χ1n) is 7.55. The maximum atomic E-state index is 12.1. The molecule has 0 aliphatic heterocycles. The summed E-state index contributed by atoms with van der Waals surface area (Å²) in [7, 11) is 0. The van der Waals surface area contributed by atoms with Gasteiger partial charge in [-0.3, -0.25) is 4.79 Å². The lowest BCUT2D eigenvalue weighted by Gasteiger charge is -2.13. The fourth-order valence-corrected chi connectivity index (χ4v) is 2.65. The molecule has 0 aromatic carbocycles. The molecule has 0 fully saturated rings. The summed E-state index contributed by atoms with van der Waals surface area (Å²) >= 11 is 0. The highest BCUT2D eigenvalue weighted by Crippen LogP contribution is 2.25. The molecule has 0 unspecified atom stereocenters. The van der Waals surface area contributed by atoms with Crippen LogP contribution in [0.1, 0.15) is 36.8 Å². The van der Waals surface area contributed by atoms with Gasteiger partial charge in [0.15, 0.2) is 0 Å². The average Bonchev–Trinajstić information content (AvgIpc) is 2.45. The van der Waals surface area contributed by atoms with Crippen molar-refractivity contribution >= 4 is 22.5 Å². The lowest BCUT2D eigenvalue weighted by molar-refractivity contribution is 0.872. The first-order valence-corrected chi connectivity index (χ1v) is 7.55. The van der Waals surface area contributed by atoms with Crippen LogP contribution < -0.4 is 10.9 Å². The molecular weight excluding hydrogens is 290 g/mol. The summed E-state index contributed by atoms with van der Waals surface area (Å²) in [6.45, 7) is 7.89. The van der Waals surface area contributed by atoms with Crippen molar-refractivity contribution in [3.8, 4) is 0 Å². The van der Waals surface area contributed by atoms with E-state index in [0.29, 0.717) is 28.4 Å². The Morgan fingerprint density at radius 2 is 1.83 bits per heavy atom. The van der Waals surface area contributed by atoms with Gasteiger partial charge in [0.2, 0.25) is 0 Å². The number of hydrogen-bond donors (Lipinski definition) is 2. The van der Waals surface area contributed by atoms with Gasteiger partial charge in [0, 0.05) is 18.0 Å². The molecule has 0 radical (unpaired) electrons. The van der Waals surface area contributed by atoms with Gasteiger partial charge in [-0.05, 0) is 37.5 Å². The van der Waals surface area contributed by atoms with Gasteiger partial charge < -0.3 is 10.3 Å². The molecule has 0 saturated heterocycles. The molecule has 3 heterocycles. The second kappa shape index (κ2) is 5.79. The minimum atomic E-state index is -0.112. The molecule has 0 aliphatic rings. The largest absolute Gasteiger partial charge is 0.328 e. The van der Waals surface area contributed by atoms with Crippen LogP contribution in [0.2, 0.25) is 0 Å². The number of fused-ring (bicyclic) bond motifs is 1. The summed E-state index contributed by atoms with van der Waals surface area (Å²) in [4.78, 5) is 28.0.